The second kappa shape index (κ2) is 8.49. The summed E-state index contributed by atoms with van der Waals surface area (Å²) in [6.07, 6.45) is 0. The Bertz CT molecular complexity index is 1120. The van der Waals surface area contributed by atoms with Crippen molar-refractivity contribution in [1.29, 1.82) is 0 Å². The molecular weight excluding hydrogens is 390 g/mol. The number of aryl methyl sites for hydroxylation is 2. The summed E-state index contributed by atoms with van der Waals surface area (Å²) < 4.78 is 5.28. The van der Waals surface area contributed by atoms with E-state index in [2.05, 4.69) is 28.7 Å². The molecule has 4 rings (SSSR count). The molecule has 1 aliphatic heterocycles. The van der Waals surface area contributed by atoms with Crippen LogP contribution in [-0.4, -0.2) is 59.0 Å². The summed E-state index contributed by atoms with van der Waals surface area (Å²) in [5.74, 6) is 2.88. The first kappa shape index (κ1) is 21.0. The molecule has 162 valence electrons. The van der Waals surface area contributed by atoms with Gasteiger partial charge in [0.05, 0.1) is 23.9 Å². The molecule has 1 aromatic carbocycles. The van der Waals surface area contributed by atoms with E-state index >= 15 is 0 Å². The number of carbonyl (C=O) groups excluding carboxylic acids is 1. The van der Waals surface area contributed by atoms with Crippen molar-refractivity contribution in [1.82, 2.24) is 19.9 Å². The van der Waals surface area contributed by atoms with Crippen LogP contribution < -0.4 is 9.64 Å². The lowest BCUT2D eigenvalue weighted by Gasteiger charge is -2.36. The van der Waals surface area contributed by atoms with Crippen molar-refractivity contribution < 1.29 is 9.53 Å². The first-order valence-electron chi connectivity index (χ1n) is 10.7. The molecule has 7 nitrogen and oxygen atoms in total. The molecule has 0 bridgehead atoms. The van der Waals surface area contributed by atoms with Gasteiger partial charge in [0.2, 0.25) is 0 Å². The number of methoxy groups -OCH3 is 1. The number of carbonyl (C=O) groups is 1. The van der Waals surface area contributed by atoms with Gasteiger partial charge in [0.15, 0.2) is 0 Å². The van der Waals surface area contributed by atoms with Crippen molar-refractivity contribution in [3.05, 3.63) is 53.1 Å². The molecule has 0 saturated carbocycles. The number of fused-ring (bicyclic) bond motifs is 1. The molecule has 0 radical (unpaired) electrons. The van der Waals surface area contributed by atoms with Crippen LogP contribution in [0.25, 0.3) is 10.9 Å². The van der Waals surface area contributed by atoms with Crippen LogP contribution in [0.1, 0.15) is 47.3 Å². The SMILES string of the molecule is COc1ccc2cc(C(=O)N3CCN(c4cc(C)nc(C(C)C)n4)CC3)c(C)nc2c1. The summed E-state index contributed by atoms with van der Waals surface area (Å²) in [6, 6.07) is 9.69. The summed E-state index contributed by atoms with van der Waals surface area (Å²) in [4.78, 5) is 31.3. The zero-order valence-electron chi connectivity index (χ0n) is 18.8. The number of rotatable bonds is 4. The lowest BCUT2D eigenvalue weighted by molar-refractivity contribution is 0.0745. The van der Waals surface area contributed by atoms with Crippen LogP contribution in [0.15, 0.2) is 30.3 Å². The number of aromatic nitrogens is 3. The van der Waals surface area contributed by atoms with Crippen LogP contribution in [0, 0.1) is 13.8 Å². The average Bonchev–Trinajstić information content (AvgIpc) is 2.77. The van der Waals surface area contributed by atoms with Gasteiger partial charge in [-0.3, -0.25) is 9.78 Å². The van der Waals surface area contributed by atoms with E-state index in [0.717, 1.165) is 52.8 Å². The summed E-state index contributed by atoms with van der Waals surface area (Å²) in [7, 11) is 1.64. The highest BCUT2D eigenvalue weighted by molar-refractivity contribution is 5.99. The van der Waals surface area contributed by atoms with E-state index in [0.29, 0.717) is 18.7 Å². The summed E-state index contributed by atoms with van der Waals surface area (Å²) in [5.41, 5.74) is 3.20. The molecule has 0 N–H and O–H groups in total. The molecule has 1 saturated heterocycles. The normalized spacial score (nSPS) is 14.4. The number of hydrogen-bond acceptors (Lipinski definition) is 6. The fraction of sp³-hybridized carbons (Fsp3) is 0.417. The maximum Gasteiger partial charge on any atom is 0.255 e. The van der Waals surface area contributed by atoms with Crippen molar-refractivity contribution in [3.8, 4) is 5.75 Å². The van der Waals surface area contributed by atoms with E-state index in [1.807, 2.05) is 49.1 Å². The second-order valence-corrected chi connectivity index (χ2v) is 8.34. The fourth-order valence-electron chi connectivity index (χ4n) is 3.89. The van der Waals surface area contributed by atoms with Gasteiger partial charge in [0, 0.05) is 55.3 Å². The third-order valence-electron chi connectivity index (χ3n) is 5.71. The summed E-state index contributed by atoms with van der Waals surface area (Å²) in [6.45, 7) is 10.9. The molecule has 1 amide bonds. The summed E-state index contributed by atoms with van der Waals surface area (Å²) >= 11 is 0. The molecule has 2 aromatic heterocycles. The van der Waals surface area contributed by atoms with E-state index in [1.165, 1.54) is 0 Å². The maximum absolute atomic E-state index is 13.2. The molecule has 0 atom stereocenters. The third-order valence-corrected chi connectivity index (χ3v) is 5.71. The van der Waals surface area contributed by atoms with E-state index < -0.39 is 0 Å². The topological polar surface area (TPSA) is 71.5 Å². The van der Waals surface area contributed by atoms with E-state index in [-0.39, 0.29) is 11.8 Å². The van der Waals surface area contributed by atoms with Gasteiger partial charge >= 0.3 is 0 Å². The number of piperazine rings is 1. The highest BCUT2D eigenvalue weighted by Crippen LogP contribution is 2.24. The Morgan fingerprint density at radius 3 is 2.42 bits per heavy atom. The third kappa shape index (κ3) is 4.31. The minimum absolute atomic E-state index is 0.0316. The molecular formula is C24H29N5O2. The number of benzene rings is 1. The minimum Gasteiger partial charge on any atom is -0.497 e. The Labute approximate surface area is 183 Å². The molecule has 0 spiro atoms. The predicted molar refractivity (Wildman–Crippen MR) is 122 cm³/mol. The Kier molecular flexibility index (Phi) is 5.76. The first-order valence-corrected chi connectivity index (χ1v) is 10.7. The number of hydrogen-bond donors (Lipinski definition) is 0. The first-order chi connectivity index (χ1) is 14.9. The number of amides is 1. The molecule has 1 fully saturated rings. The molecule has 31 heavy (non-hydrogen) atoms. The molecule has 0 aliphatic carbocycles. The molecule has 0 unspecified atom stereocenters. The highest BCUT2D eigenvalue weighted by Gasteiger charge is 2.25. The van der Waals surface area contributed by atoms with Gasteiger partial charge in [-0.05, 0) is 32.0 Å². The molecule has 7 heteroatoms. The molecule has 3 heterocycles. The van der Waals surface area contributed by atoms with Gasteiger partial charge in [0.25, 0.3) is 5.91 Å². The van der Waals surface area contributed by atoms with Crippen LogP contribution in [-0.2, 0) is 0 Å². The van der Waals surface area contributed by atoms with Crippen molar-refractivity contribution in [3.63, 3.8) is 0 Å². The van der Waals surface area contributed by atoms with Crippen molar-refractivity contribution in [2.75, 3.05) is 38.2 Å². The van der Waals surface area contributed by atoms with Crippen LogP contribution in [0.5, 0.6) is 5.75 Å². The van der Waals surface area contributed by atoms with Crippen LogP contribution in [0.3, 0.4) is 0 Å². The van der Waals surface area contributed by atoms with Crippen LogP contribution in [0.4, 0.5) is 5.82 Å². The zero-order chi connectivity index (χ0) is 22.1. The Balaban J connectivity index is 1.50. The zero-order valence-corrected chi connectivity index (χ0v) is 18.8. The standard InChI is InChI=1S/C24H29N5O2/c1-15(2)23-25-16(3)12-22(27-23)28-8-10-29(11-9-28)24(30)20-13-18-6-7-19(31-5)14-21(18)26-17(20)4/h6-7,12-15H,8-11H2,1-5H3. The van der Waals surface area contributed by atoms with Crippen molar-refractivity contribution >= 4 is 22.6 Å². The molecule has 3 aromatic rings. The Morgan fingerprint density at radius 2 is 1.74 bits per heavy atom. The lowest BCUT2D eigenvalue weighted by atomic mass is 10.1. The largest absolute Gasteiger partial charge is 0.497 e. The van der Waals surface area contributed by atoms with E-state index in [1.54, 1.807) is 7.11 Å². The summed E-state index contributed by atoms with van der Waals surface area (Å²) in [5, 5.41) is 0.936. The van der Waals surface area contributed by atoms with Gasteiger partial charge in [0.1, 0.15) is 17.4 Å². The van der Waals surface area contributed by atoms with Crippen molar-refractivity contribution in [2.24, 2.45) is 0 Å². The van der Waals surface area contributed by atoms with Gasteiger partial charge in [-0.15, -0.1) is 0 Å². The van der Waals surface area contributed by atoms with E-state index in [4.69, 9.17) is 9.72 Å². The van der Waals surface area contributed by atoms with E-state index in [9.17, 15) is 4.79 Å². The number of nitrogens with zero attached hydrogens (tertiary/aromatic N) is 5. The van der Waals surface area contributed by atoms with Gasteiger partial charge in [-0.25, -0.2) is 9.97 Å². The van der Waals surface area contributed by atoms with Crippen LogP contribution >= 0.6 is 0 Å². The second-order valence-electron chi connectivity index (χ2n) is 8.34. The molecule has 1 aliphatic rings. The fourth-order valence-corrected chi connectivity index (χ4v) is 3.89. The maximum atomic E-state index is 13.2. The number of ether oxygens (including phenoxy) is 1. The monoisotopic (exact) mass is 419 g/mol. The minimum atomic E-state index is 0.0316. The van der Waals surface area contributed by atoms with Gasteiger partial charge < -0.3 is 14.5 Å². The Morgan fingerprint density at radius 1 is 1.00 bits per heavy atom. The smallest absolute Gasteiger partial charge is 0.255 e. The highest BCUT2D eigenvalue weighted by atomic mass is 16.5. The quantitative estimate of drug-likeness (QED) is 0.642. The van der Waals surface area contributed by atoms with Gasteiger partial charge in [-0.1, -0.05) is 13.8 Å². The Hall–Kier alpha value is -3.22. The van der Waals surface area contributed by atoms with Gasteiger partial charge in [-0.2, -0.15) is 0 Å². The number of pyridine rings is 1. The van der Waals surface area contributed by atoms with Crippen molar-refractivity contribution in [2.45, 2.75) is 33.6 Å². The van der Waals surface area contributed by atoms with Crippen LogP contribution in [0.2, 0.25) is 0 Å². The lowest BCUT2D eigenvalue weighted by Crippen LogP contribution is -2.49. The average molecular weight is 420 g/mol. The number of anilines is 1. The predicted octanol–water partition coefficient (Wildman–Crippen LogP) is 3.74.